The molecule has 1 aliphatic carbocycles. The highest BCUT2D eigenvalue weighted by molar-refractivity contribution is 7.99. The van der Waals surface area contributed by atoms with Gasteiger partial charge in [-0.2, -0.15) is 11.8 Å². The van der Waals surface area contributed by atoms with Crippen molar-refractivity contribution >= 4 is 17.7 Å². The van der Waals surface area contributed by atoms with Crippen molar-refractivity contribution in [2.45, 2.75) is 63.9 Å². The molecule has 3 aliphatic rings. The topological polar surface area (TPSA) is 99.0 Å². The molecule has 4 N–H and O–H groups in total. The number of rotatable bonds is 6. The third-order valence-electron chi connectivity index (χ3n) is 5.39. The average molecular weight is 359 g/mol. The van der Waals surface area contributed by atoms with Crippen LogP contribution in [0.1, 0.15) is 39.5 Å². The zero-order chi connectivity index (χ0) is 17.9. The van der Waals surface area contributed by atoms with Crippen molar-refractivity contribution in [2.75, 3.05) is 18.6 Å². The molecule has 5 unspecified atom stereocenters. The van der Waals surface area contributed by atoms with Crippen LogP contribution in [0.2, 0.25) is 0 Å². The quantitative estimate of drug-likeness (QED) is 0.568. The Balaban J connectivity index is 2.13. The van der Waals surface area contributed by atoms with Crippen molar-refractivity contribution in [2.24, 2.45) is 5.41 Å². The average Bonchev–Trinajstić information content (AvgIpc) is 2.62. The summed E-state index contributed by atoms with van der Waals surface area (Å²) in [4.78, 5) is 11.1. The number of aliphatic hydroxyl groups excluding tert-OH is 2. The maximum absolute atomic E-state index is 11.1. The van der Waals surface area contributed by atoms with Gasteiger partial charge in [-0.15, -0.1) is 0 Å². The lowest BCUT2D eigenvalue weighted by molar-refractivity contribution is -0.162. The van der Waals surface area contributed by atoms with Crippen LogP contribution >= 0.6 is 11.8 Å². The predicted octanol–water partition coefficient (Wildman–Crippen LogP) is 1.37. The van der Waals surface area contributed by atoms with Gasteiger partial charge in [-0.3, -0.25) is 4.79 Å². The number of hydrogen-bond donors (Lipinski definition) is 4. The molecule has 0 amide bonds. The summed E-state index contributed by atoms with van der Waals surface area (Å²) < 4.78 is 6.13. The highest BCUT2D eigenvalue weighted by Gasteiger charge is 2.51. The normalized spacial score (nSPS) is 38.0. The monoisotopic (exact) mass is 359 g/mol. The lowest BCUT2D eigenvalue weighted by Gasteiger charge is -2.48. The van der Waals surface area contributed by atoms with Gasteiger partial charge in [0.25, 0.3) is 0 Å². The van der Waals surface area contributed by atoms with Crippen molar-refractivity contribution in [3.05, 3.63) is 11.3 Å². The summed E-state index contributed by atoms with van der Waals surface area (Å²) in [5, 5.41) is 33.0. The number of likely N-dealkylation sites (N-methyl/N-ethyl adjacent to an activating group) is 1. The first kappa shape index (κ1) is 19.6. The van der Waals surface area contributed by atoms with Gasteiger partial charge in [0.2, 0.25) is 0 Å². The predicted molar refractivity (Wildman–Crippen MR) is 94.0 cm³/mol. The number of aliphatic hydroxyl groups is 2. The van der Waals surface area contributed by atoms with Gasteiger partial charge in [-0.25, -0.2) is 0 Å². The van der Waals surface area contributed by atoms with Crippen molar-refractivity contribution < 1.29 is 24.9 Å². The Hall–Kier alpha value is -0.760. The highest BCUT2D eigenvalue weighted by Crippen LogP contribution is 2.45. The number of carboxylic acids is 1. The van der Waals surface area contributed by atoms with Gasteiger partial charge in [-0.1, -0.05) is 13.3 Å². The first-order chi connectivity index (χ1) is 11.3. The van der Waals surface area contributed by atoms with E-state index in [1.807, 2.05) is 13.8 Å². The Kier molecular flexibility index (Phi) is 6.59. The molecule has 0 saturated carbocycles. The zero-order valence-corrected chi connectivity index (χ0v) is 15.4. The molecule has 0 spiro atoms. The summed E-state index contributed by atoms with van der Waals surface area (Å²) in [6.45, 7) is 3.92. The van der Waals surface area contributed by atoms with E-state index in [9.17, 15) is 15.0 Å². The summed E-state index contributed by atoms with van der Waals surface area (Å²) in [6, 6.07) is -0.604. The molecule has 2 heterocycles. The van der Waals surface area contributed by atoms with E-state index >= 15 is 0 Å². The standard InChI is InChI=1S/C17H29NO5S/c1-10-6-4-5-7-17(2)12(23-14(10)13(19)15(17)20)9-24-8-11(18-3)16(21)22/h11-13,15,18-20H,4-9H2,1-3H3,(H,21,22)/b14-10-. The molecule has 6 nitrogen and oxygen atoms in total. The van der Waals surface area contributed by atoms with E-state index in [0.29, 0.717) is 17.3 Å². The fourth-order valence-electron chi connectivity index (χ4n) is 3.53. The number of allylic oxidation sites excluding steroid dienone is 1. The second-order valence-corrected chi connectivity index (χ2v) is 8.15. The van der Waals surface area contributed by atoms with Crippen molar-refractivity contribution in [1.82, 2.24) is 5.32 Å². The van der Waals surface area contributed by atoms with E-state index in [0.717, 1.165) is 31.3 Å². The SMILES string of the molecule is CNC(CSCC1O/C2=C(/C)CCCCC1(C)C(O)C2O)C(=O)O. The van der Waals surface area contributed by atoms with Crippen LogP contribution in [-0.2, 0) is 9.53 Å². The number of thioether (sulfide) groups is 1. The van der Waals surface area contributed by atoms with Gasteiger partial charge in [0.15, 0.2) is 0 Å². The summed E-state index contributed by atoms with van der Waals surface area (Å²) in [6.07, 6.45) is 1.58. The van der Waals surface area contributed by atoms with Gasteiger partial charge in [-0.05, 0) is 38.8 Å². The largest absolute Gasteiger partial charge is 0.490 e. The van der Waals surface area contributed by atoms with Gasteiger partial charge < -0.3 is 25.4 Å². The Morgan fingerprint density at radius 3 is 2.79 bits per heavy atom. The molecule has 7 heteroatoms. The summed E-state index contributed by atoms with van der Waals surface area (Å²) in [5.74, 6) is 0.652. The second-order valence-electron chi connectivity index (χ2n) is 7.07. The van der Waals surface area contributed by atoms with Crippen LogP contribution in [0.3, 0.4) is 0 Å². The van der Waals surface area contributed by atoms with Crippen LogP contribution in [0.25, 0.3) is 0 Å². The molecule has 5 atom stereocenters. The zero-order valence-electron chi connectivity index (χ0n) is 14.6. The van der Waals surface area contributed by atoms with E-state index in [-0.39, 0.29) is 6.10 Å². The molecule has 0 aromatic heterocycles. The maximum atomic E-state index is 11.1. The third kappa shape index (κ3) is 3.90. The number of carbonyl (C=O) groups is 1. The Morgan fingerprint density at radius 2 is 2.17 bits per heavy atom. The number of nitrogens with one attached hydrogen (secondary N) is 1. The number of aliphatic carboxylic acids is 1. The first-order valence-electron chi connectivity index (χ1n) is 8.51. The van der Waals surface area contributed by atoms with Crippen LogP contribution in [0.4, 0.5) is 0 Å². The Morgan fingerprint density at radius 1 is 1.46 bits per heavy atom. The van der Waals surface area contributed by atoms with E-state index in [4.69, 9.17) is 9.84 Å². The molecule has 0 radical (unpaired) electrons. The fourth-order valence-corrected chi connectivity index (χ4v) is 4.87. The minimum Gasteiger partial charge on any atom is -0.490 e. The van der Waals surface area contributed by atoms with E-state index in [1.165, 1.54) is 11.8 Å². The highest BCUT2D eigenvalue weighted by atomic mass is 32.2. The molecule has 1 saturated heterocycles. The molecule has 24 heavy (non-hydrogen) atoms. The molecule has 2 aliphatic heterocycles. The van der Waals surface area contributed by atoms with Crippen LogP contribution in [0, 0.1) is 5.41 Å². The minimum absolute atomic E-state index is 0.241. The van der Waals surface area contributed by atoms with Gasteiger partial charge in [0.1, 0.15) is 24.0 Å². The molecule has 1 fully saturated rings. The van der Waals surface area contributed by atoms with Crippen LogP contribution in [0.15, 0.2) is 11.3 Å². The van der Waals surface area contributed by atoms with Crippen LogP contribution < -0.4 is 5.32 Å². The fraction of sp³-hybridized carbons (Fsp3) is 0.824. The Bertz CT molecular complexity index is 497. The minimum atomic E-state index is -0.974. The number of carboxylic acid groups (broad SMARTS) is 1. The first-order valence-corrected chi connectivity index (χ1v) is 9.67. The molecular weight excluding hydrogens is 330 g/mol. The molecule has 2 bridgehead atoms. The Labute approximate surface area is 147 Å². The van der Waals surface area contributed by atoms with Crippen molar-refractivity contribution in [3.8, 4) is 0 Å². The number of fused-ring (bicyclic) bond motifs is 6. The third-order valence-corrected chi connectivity index (χ3v) is 6.49. The smallest absolute Gasteiger partial charge is 0.321 e. The lowest BCUT2D eigenvalue weighted by Crippen LogP contribution is -2.56. The summed E-state index contributed by atoms with van der Waals surface area (Å²) in [5.41, 5.74) is 0.470. The van der Waals surface area contributed by atoms with Crippen LogP contribution in [-0.4, -0.2) is 64.2 Å². The lowest BCUT2D eigenvalue weighted by atomic mass is 9.71. The van der Waals surface area contributed by atoms with Crippen molar-refractivity contribution in [3.63, 3.8) is 0 Å². The van der Waals surface area contributed by atoms with E-state index in [2.05, 4.69) is 5.32 Å². The molecular formula is C17H29NO5S. The molecule has 138 valence electrons. The van der Waals surface area contributed by atoms with E-state index in [1.54, 1.807) is 7.05 Å². The molecule has 0 aromatic rings. The molecule has 3 rings (SSSR count). The van der Waals surface area contributed by atoms with E-state index < -0.39 is 29.6 Å². The number of hydrogen-bond acceptors (Lipinski definition) is 6. The number of ether oxygens (including phenoxy) is 1. The van der Waals surface area contributed by atoms with Gasteiger partial charge in [0.05, 0.1) is 6.10 Å². The van der Waals surface area contributed by atoms with Crippen molar-refractivity contribution in [1.29, 1.82) is 0 Å². The van der Waals surface area contributed by atoms with Gasteiger partial charge >= 0.3 is 5.97 Å². The summed E-state index contributed by atoms with van der Waals surface area (Å²) in [7, 11) is 1.63. The second kappa shape index (κ2) is 8.08. The molecule has 0 aromatic carbocycles. The van der Waals surface area contributed by atoms with Crippen LogP contribution in [0.5, 0.6) is 0 Å². The summed E-state index contributed by atoms with van der Waals surface area (Å²) >= 11 is 1.50. The maximum Gasteiger partial charge on any atom is 0.321 e. The van der Waals surface area contributed by atoms with Gasteiger partial charge in [0, 0.05) is 16.9 Å².